The monoisotopic (exact) mass is 318 g/mol. The van der Waals surface area contributed by atoms with Gasteiger partial charge in [0.15, 0.2) is 0 Å². The van der Waals surface area contributed by atoms with Gasteiger partial charge in [-0.2, -0.15) is 0 Å². The van der Waals surface area contributed by atoms with Gasteiger partial charge in [0.1, 0.15) is 0 Å². The molecule has 2 nitrogen and oxygen atoms in total. The summed E-state index contributed by atoms with van der Waals surface area (Å²) in [6, 6.07) is 0. The van der Waals surface area contributed by atoms with Crippen molar-refractivity contribution in [2.45, 2.75) is 79.6 Å². The van der Waals surface area contributed by atoms with Gasteiger partial charge < -0.3 is 5.11 Å². The molecule has 1 N–H and O–H groups in total. The minimum atomic E-state index is -0.638. The Hall–Kier alpha value is -0.790. The van der Waals surface area contributed by atoms with Crippen LogP contribution in [0.1, 0.15) is 79.6 Å². The van der Waals surface area contributed by atoms with E-state index in [1.54, 1.807) is 0 Å². The molecule has 2 heteroatoms. The summed E-state index contributed by atoms with van der Waals surface area (Å²) < 4.78 is 0. The first kappa shape index (κ1) is 17.0. The number of carboxylic acids is 1. The molecule has 0 aromatic rings. The molecule has 0 aromatic heterocycles. The molecule has 3 aliphatic rings. The number of hydrogen-bond donors (Lipinski definition) is 1. The standard InChI is InChI=1S/C21H34O2/c1-14-7-8-17-20(4,15(14)13-18(22)23)12-9-16-19(2,3)10-6-11-21(16,17)5/h7,15-17H,6,8-13H2,1-5H3,(H,22,23)/t15-,16+,17+,20+,21+/m0/s1. The summed E-state index contributed by atoms with van der Waals surface area (Å²) >= 11 is 0. The first-order valence-corrected chi connectivity index (χ1v) is 9.50. The molecule has 130 valence electrons. The first-order valence-electron chi connectivity index (χ1n) is 9.50. The molecule has 2 fully saturated rings. The predicted molar refractivity (Wildman–Crippen MR) is 94.2 cm³/mol. The van der Waals surface area contributed by atoms with Crippen LogP contribution in [0.25, 0.3) is 0 Å². The van der Waals surface area contributed by atoms with Crippen molar-refractivity contribution < 1.29 is 9.90 Å². The van der Waals surface area contributed by atoms with Gasteiger partial charge in [-0.05, 0) is 73.0 Å². The Balaban J connectivity index is 2.01. The number of hydrogen-bond acceptors (Lipinski definition) is 1. The highest BCUT2D eigenvalue weighted by Crippen LogP contribution is 2.68. The molecule has 0 radical (unpaired) electrons. The summed E-state index contributed by atoms with van der Waals surface area (Å²) in [5.74, 6) is 1.02. The third-order valence-corrected chi connectivity index (χ3v) is 8.24. The van der Waals surface area contributed by atoms with E-state index in [0.29, 0.717) is 23.2 Å². The van der Waals surface area contributed by atoms with Gasteiger partial charge in [0.05, 0.1) is 6.42 Å². The van der Waals surface area contributed by atoms with Gasteiger partial charge in [0.25, 0.3) is 0 Å². The Bertz CT molecular complexity index is 532. The molecule has 0 unspecified atom stereocenters. The third kappa shape index (κ3) is 2.48. The van der Waals surface area contributed by atoms with Crippen LogP contribution in [0.15, 0.2) is 11.6 Å². The van der Waals surface area contributed by atoms with Gasteiger partial charge in [-0.25, -0.2) is 0 Å². The highest BCUT2D eigenvalue weighted by molar-refractivity contribution is 5.67. The predicted octanol–water partition coefficient (Wildman–Crippen LogP) is 5.68. The van der Waals surface area contributed by atoms with Crippen molar-refractivity contribution >= 4 is 5.97 Å². The zero-order valence-corrected chi connectivity index (χ0v) is 15.6. The van der Waals surface area contributed by atoms with E-state index in [2.05, 4.69) is 40.7 Å². The number of carboxylic acid groups (broad SMARTS) is 1. The van der Waals surface area contributed by atoms with Crippen molar-refractivity contribution in [3.05, 3.63) is 11.6 Å². The van der Waals surface area contributed by atoms with Crippen LogP contribution in [-0.2, 0) is 4.79 Å². The van der Waals surface area contributed by atoms with E-state index in [4.69, 9.17) is 0 Å². The normalized spacial score (nSPS) is 45.6. The molecule has 0 bridgehead atoms. The molecule has 3 rings (SSSR count). The lowest BCUT2D eigenvalue weighted by Gasteiger charge is -2.65. The van der Waals surface area contributed by atoms with Crippen molar-refractivity contribution in [2.24, 2.45) is 34.0 Å². The molecule has 0 saturated heterocycles. The van der Waals surface area contributed by atoms with E-state index in [0.717, 1.165) is 12.3 Å². The molecule has 3 aliphatic carbocycles. The number of fused-ring (bicyclic) bond motifs is 3. The smallest absolute Gasteiger partial charge is 0.303 e. The SMILES string of the molecule is CC1=CC[C@H]2[C@]3(C)CCCC(C)(C)[C@H]3CC[C@]2(C)[C@H]1CC(=O)O. The summed E-state index contributed by atoms with van der Waals surface area (Å²) in [4.78, 5) is 11.5. The van der Waals surface area contributed by atoms with Gasteiger partial charge in [-0.15, -0.1) is 0 Å². The summed E-state index contributed by atoms with van der Waals surface area (Å²) in [6.45, 7) is 12.0. The Kier molecular flexibility index (Phi) is 3.97. The van der Waals surface area contributed by atoms with Crippen molar-refractivity contribution in [1.82, 2.24) is 0 Å². The summed E-state index contributed by atoms with van der Waals surface area (Å²) in [7, 11) is 0. The largest absolute Gasteiger partial charge is 0.481 e. The first-order chi connectivity index (χ1) is 10.6. The van der Waals surface area contributed by atoms with Gasteiger partial charge in [-0.1, -0.05) is 45.8 Å². The zero-order valence-electron chi connectivity index (χ0n) is 15.6. The molecule has 0 aliphatic heterocycles. The average Bonchev–Trinajstić information content (AvgIpc) is 2.41. The highest BCUT2D eigenvalue weighted by Gasteiger charge is 2.60. The van der Waals surface area contributed by atoms with E-state index in [9.17, 15) is 9.90 Å². The summed E-state index contributed by atoms with van der Waals surface area (Å²) in [5.41, 5.74) is 2.30. The van der Waals surface area contributed by atoms with Crippen LogP contribution in [0.4, 0.5) is 0 Å². The van der Waals surface area contributed by atoms with Crippen LogP contribution < -0.4 is 0 Å². The summed E-state index contributed by atoms with van der Waals surface area (Å²) in [5, 5.41) is 9.44. The second-order valence-corrected chi connectivity index (χ2v) is 9.83. The fourth-order valence-corrected chi connectivity index (χ4v) is 7.18. The second kappa shape index (κ2) is 5.36. The lowest BCUT2D eigenvalue weighted by Crippen LogP contribution is -2.57. The van der Waals surface area contributed by atoms with Crippen LogP contribution in [-0.4, -0.2) is 11.1 Å². The maximum Gasteiger partial charge on any atom is 0.303 e. The molecule has 0 heterocycles. The molecule has 0 amide bonds. The number of aliphatic carboxylic acids is 1. The fraction of sp³-hybridized carbons (Fsp3) is 0.857. The van der Waals surface area contributed by atoms with Crippen molar-refractivity contribution in [2.75, 3.05) is 0 Å². The molecule has 0 spiro atoms. The lowest BCUT2D eigenvalue weighted by atomic mass is 9.39. The minimum absolute atomic E-state index is 0.163. The van der Waals surface area contributed by atoms with E-state index < -0.39 is 5.97 Å². The molecule has 5 atom stereocenters. The third-order valence-electron chi connectivity index (χ3n) is 8.24. The maximum absolute atomic E-state index is 11.5. The van der Waals surface area contributed by atoms with Crippen molar-refractivity contribution in [3.63, 3.8) is 0 Å². The van der Waals surface area contributed by atoms with Gasteiger partial charge in [-0.3, -0.25) is 4.79 Å². The Morgan fingerprint density at radius 2 is 1.83 bits per heavy atom. The second-order valence-electron chi connectivity index (χ2n) is 9.83. The van der Waals surface area contributed by atoms with Crippen LogP contribution >= 0.6 is 0 Å². The Morgan fingerprint density at radius 1 is 1.13 bits per heavy atom. The molecule has 23 heavy (non-hydrogen) atoms. The Morgan fingerprint density at radius 3 is 2.48 bits per heavy atom. The van der Waals surface area contributed by atoms with E-state index in [1.165, 1.54) is 37.7 Å². The van der Waals surface area contributed by atoms with Gasteiger partial charge in [0.2, 0.25) is 0 Å². The van der Waals surface area contributed by atoms with Crippen LogP contribution in [0.3, 0.4) is 0 Å². The molecular formula is C21H34O2. The fourth-order valence-electron chi connectivity index (χ4n) is 7.18. The Labute approximate surface area is 141 Å². The van der Waals surface area contributed by atoms with Crippen molar-refractivity contribution in [3.8, 4) is 0 Å². The van der Waals surface area contributed by atoms with Crippen LogP contribution in [0.5, 0.6) is 0 Å². The number of carbonyl (C=O) groups is 1. The van der Waals surface area contributed by atoms with Crippen molar-refractivity contribution in [1.29, 1.82) is 0 Å². The lowest BCUT2D eigenvalue weighted by molar-refractivity contribution is -0.155. The minimum Gasteiger partial charge on any atom is -0.481 e. The number of rotatable bonds is 2. The van der Waals surface area contributed by atoms with Crippen LogP contribution in [0, 0.1) is 34.0 Å². The topological polar surface area (TPSA) is 37.3 Å². The highest BCUT2D eigenvalue weighted by atomic mass is 16.4. The molecule has 2 saturated carbocycles. The van der Waals surface area contributed by atoms with Gasteiger partial charge in [0, 0.05) is 0 Å². The van der Waals surface area contributed by atoms with E-state index in [1.807, 2.05) is 0 Å². The number of allylic oxidation sites excluding steroid dienone is 2. The van der Waals surface area contributed by atoms with Gasteiger partial charge >= 0.3 is 5.97 Å². The maximum atomic E-state index is 11.5. The molecule has 0 aromatic carbocycles. The summed E-state index contributed by atoms with van der Waals surface area (Å²) in [6.07, 6.45) is 10.3. The molecular weight excluding hydrogens is 284 g/mol. The average molecular weight is 319 g/mol. The van der Waals surface area contributed by atoms with E-state index >= 15 is 0 Å². The van der Waals surface area contributed by atoms with E-state index in [-0.39, 0.29) is 11.3 Å². The van der Waals surface area contributed by atoms with Crippen LogP contribution in [0.2, 0.25) is 0 Å². The zero-order chi connectivity index (χ0) is 17.0. The quantitative estimate of drug-likeness (QED) is 0.665.